The largest absolute Gasteiger partial charge is 0.435 e. The fraction of sp³-hybridized carbons (Fsp3) is 0.148. The second-order valence-electron chi connectivity index (χ2n) is 8.70. The Morgan fingerprint density at radius 2 is 1.97 bits per heavy atom. The first kappa shape index (κ1) is 25.0. The highest BCUT2D eigenvalue weighted by Gasteiger charge is 2.16. The molecule has 11 heteroatoms. The van der Waals surface area contributed by atoms with Crippen molar-refractivity contribution in [3.05, 3.63) is 82.9 Å². The molecule has 38 heavy (non-hydrogen) atoms. The third-order valence-electron chi connectivity index (χ3n) is 6.03. The molecule has 192 valence electrons. The SMILES string of the molecule is Cc1nn(C)c(-c2ccc3sc(NC(=O)Cc4ccc(Oc5ncccc5C(N)=O)c(F)c4)nc3c2)c1C. The zero-order chi connectivity index (χ0) is 27.0. The van der Waals surface area contributed by atoms with Gasteiger partial charge in [-0.15, -0.1) is 0 Å². The van der Waals surface area contributed by atoms with Gasteiger partial charge in [-0.1, -0.05) is 23.5 Å². The lowest BCUT2D eigenvalue weighted by atomic mass is 10.1. The highest BCUT2D eigenvalue weighted by Crippen LogP contribution is 2.32. The number of halogens is 1. The first-order valence-corrected chi connectivity index (χ1v) is 12.4. The molecule has 9 nitrogen and oxygen atoms in total. The minimum Gasteiger partial charge on any atom is -0.435 e. The van der Waals surface area contributed by atoms with Crippen molar-refractivity contribution in [2.45, 2.75) is 20.3 Å². The van der Waals surface area contributed by atoms with Crippen LogP contribution >= 0.6 is 11.3 Å². The average molecular weight is 531 g/mol. The number of nitrogens with one attached hydrogen (secondary N) is 1. The summed E-state index contributed by atoms with van der Waals surface area (Å²) in [6.07, 6.45) is 1.34. The summed E-state index contributed by atoms with van der Waals surface area (Å²) in [5.41, 5.74) is 10.6. The Morgan fingerprint density at radius 1 is 1.16 bits per heavy atom. The van der Waals surface area contributed by atoms with Crippen LogP contribution in [0.15, 0.2) is 54.7 Å². The molecule has 0 aliphatic heterocycles. The topological polar surface area (TPSA) is 125 Å². The molecule has 0 bridgehead atoms. The van der Waals surface area contributed by atoms with Crippen LogP contribution in [0.4, 0.5) is 9.52 Å². The standard InChI is InChI=1S/C27H23FN6O3S/c1-14-15(2)33-34(3)24(14)17-7-9-22-20(13-17)31-27(38-22)32-23(35)12-16-6-8-21(19(28)11-16)37-26-18(25(29)36)5-4-10-30-26/h4-11,13H,12H2,1-3H3,(H2,29,36)(H,31,32,35). The van der Waals surface area contributed by atoms with Gasteiger partial charge in [-0.25, -0.2) is 14.4 Å². The van der Waals surface area contributed by atoms with E-state index in [4.69, 9.17) is 10.5 Å². The van der Waals surface area contributed by atoms with Gasteiger partial charge in [0, 0.05) is 18.8 Å². The fourth-order valence-corrected chi connectivity index (χ4v) is 5.01. The number of aryl methyl sites for hydroxylation is 2. The number of thiazole rings is 1. The summed E-state index contributed by atoms with van der Waals surface area (Å²) in [4.78, 5) is 32.7. The number of anilines is 1. The number of pyridine rings is 1. The lowest BCUT2D eigenvalue weighted by Gasteiger charge is -2.09. The molecule has 0 radical (unpaired) electrons. The summed E-state index contributed by atoms with van der Waals surface area (Å²) in [5.74, 6) is -2.02. The van der Waals surface area contributed by atoms with E-state index in [9.17, 15) is 14.0 Å². The quantitative estimate of drug-likeness (QED) is 0.308. The van der Waals surface area contributed by atoms with Gasteiger partial charge in [-0.2, -0.15) is 5.10 Å². The van der Waals surface area contributed by atoms with E-state index >= 15 is 0 Å². The van der Waals surface area contributed by atoms with Crippen LogP contribution in [0.5, 0.6) is 11.6 Å². The van der Waals surface area contributed by atoms with E-state index in [1.807, 2.05) is 43.8 Å². The number of aromatic nitrogens is 4. The van der Waals surface area contributed by atoms with Gasteiger partial charge >= 0.3 is 0 Å². The Kier molecular flexibility index (Phi) is 6.60. The van der Waals surface area contributed by atoms with Gasteiger partial charge in [-0.3, -0.25) is 14.3 Å². The van der Waals surface area contributed by atoms with Gasteiger partial charge in [0.2, 0.25) is 11.8 Å². The average Bonchev–Trinajstić information content (AvgIpc) is 3.38. The molecule has 0 fully saturated rings. The van der Waals surface area contributed by atoms with E-state index in [1.54, 1.807) is 6.07 Å². The number of ether oxygens (including phenoxy) is 1. The summed E-state index contributed by atoms with van der Waals surface area (Å²) in [6.45, 7) is 4.01. The number of rotatable bonds is 7. The fourth-order valence-electron chi connectivity index (χ4n) is 4.15. The van der Waals surface area contributed by atoms with Gasteiger partial charge in [0.25, 0.3) is 5.91 Å². The number of hydrogen-bond acceptors (Lipinski definition) is 7. The zero-order valence-electron chi connectivity index (χ0n) is 20.8. The highest BCUT2D eigenvalue weighted by molar-refractivity contribution is 7.22. The first-order chi connectivity index (χ1) is 18.2. The third kappa shape index (κ3) is 4.96. The molecule has 0 aliphatic rings. The van der Waals surface area contributed by atoms with E-state index in [0.717, 1.165) is 32.7 Å². The Bertz CT molecular complexity index is 1710. The first-order valence-electron chi connectivity index (χ1n) is 11.6. The van der Waals surface area contributed by atoms with E-state index in [1.165, 1.54) is 41.8 Å². The lowest BCUT2D eigenvalue weighted by Crippen LogP contribution is -2.14. The van der Waals surface area contributed by atoms with E-state index in [0.29, 0.717) is 10.7 Å². The molecule has 2 amide bonds. The predicted molar refractivity (Wildman–Crippen MR) is 143 cm³/mol. The Labute approximate surface area is 221 Å². The van der Waals surface area contributed by atoms with Crippen LogP contribution < -0.4 is 15.8 Å². The summed E-state index contributed by atoms with van der Waals surface area (Å²) in [5, 5.41) is 7.73. The number of benzene rings is 2. The molecular formula is C27H23FN6O3S. The van der Waals surface area contributed by atoms with Crippen molar-refractivity contribution in [1.29, 1.82) is 0 Å². The van der Waals surface area contributed by atoms with Crippen LogP contribution in [0.3, 0.4) is 0 Å². The van der Waals surface area contributed by atoms with Crippen LogP contribution in [0.2, 0.25) is 0 Å². The van der Waals surface area contributed by atoms with Crippen LogP contribution in [0, 0.1) is 19.7 Å². The Hall–Kier alpha value is -4.64. The van der Waals surface area contributed by atoms with Crippen molar-refractivity contribution < 1.29 is 18.7 Å². The maximum Gasteiger partial charge on any atom is 0.254 e. The molecule has 0 saturated heterocycles. The molecule has 0 spiro atoms. The number of hydrogen-bond donors (Lipinski definition) is 2. The van der Waals surface area contributed by atoms with Crippen molar-refractivity contribution in [2.24, 2.45) is 12.8 Å². The van der Waals surface area contributed by atoms with Crippen molar-refractivity contribution in [2.75, 3.05) is 5.32 Å². The zero-order valence-corrected chi connectivity index (χ0v) is 21.6. The van der Waals surface area contributed by atoms with Crippen LogP contribution in [0.25, 0.3) is 21.5 Å². The molecule has 3 heterocycles. The van der Waals surface area contributed by atoms with Gasteiger partial charge in [-0.05, 0) is 61.4 Å². The monoisotopic (exact) mass is 530 g/mol. The molecule has 2 aromatic carbocycles. The molecule has 5 rings (SSSR count). The molecule has 5 aromatic rings. The smallest absolute Gasteiger partial charge is 0.254 e. The van der Waals surface area contributed by atoms with Gasteiger partial charge < -0.3 is 15.8 Å². The van der Waals surface area contributed by atoms with E-state index in [-0.39, 0.29) is 29.5 Å². The molecule has 0 aliphatic carbocycles. The van der Waals surface area contributed by atoms with Crippen molar-refractivity contribution in [1.82, 2.24) is 19.7 Å². The number of nitrogens with two attached hydrogens (primary N) is 1. The molecule has 0 atom stereocenters. The third-order valence-corrected chi connectivity index (χ3v) is 6.98. The Balaban J connectivity index is 1.28. The van der Waals surface area contributed by atoms with Crippen LogP contribution in [0.1, 0.15) is 27.2 Å². The number of carbonyl (C=O) groups is 2. The van der Waals surface area contributed by atoms with E-state index in [2.05, 4.69) is 20.4 Å². The molecular weight excluding hydrogens is 507 g/mol. The predicted octanol–water partition coefficient (Wildman–Crippen LogP) is 4.92. The van der Waals surface area contributed by atoms with Gasteiger partial charge in [0.15, 0.2) is 16.7 Å². The van der Waals surface area contributed by atoms with Crippen molar-refractivity contribution in [3.8, 4) is 22.9 Å². The maximum atomic E-state index is 14.7. The minimum absolute atomic E-state index is 0.0314. The summed E-state index contributed by atoms with van der Waals surface area (Å²) in [7, 11) is 1.91. The number of nitrogens with zero attached hydrogens (tertiary/aromatic N) is 4. The number of primary amides is 1. The number of fused-ring (bicyclic) bond motifs is 1. The van der Waals surface area contributed by atoms with Crippen molar-refractivity contribution >= 4 is 38.5 Å². The second kappa shape index (κ2) is 10.0. The van der Waals surface area contributed by atoms with Crippen LogP contribution in [-0.4, -0.2) is 31.6 Å². The summed E-state index contributed by atoms with van der Waals surface area (Å²) in [6, 6.07) is 13.1. The lowest BCUT2D eigenvalue weighted by molar-refractivity contribution is -0.115. The van der Waals surface area contributed by atoms with Crippen LogP contribution in [-0.2, 0) is 18.3 Å². The van der Waals surface area contributed by atoms with Gasteiger partial charge in [0.05, 0.1) is 28.0 Å². The molecule has 3 N–H and O–H groups in total. The number of amides is 2. The highest BCUT2D eigenvalue weighted by atomic mass is 32.1. The number of carbonyl (C=O) groups excluding carboxylic acids is 2. The van der Waals surface area contributed by atoms with E-state index < -0.39 is 11.7 Å². The molecule has 0 saturated carbocycles. The molecule has 0 unspecified atom stereocenters. The molecule has 3 aromatic heterocycles. The summed E-state index contributed by atoms with van der Waals surface area (Å²) < 4.78 is 22.9. The maximum absolute atomic E-state index is 14.7. The Morgan fingerprint density at radius 3 is 2.68 bits per heavy atom. The minimum atomic E-state index is -0.741. The van der Waals surface area contributed by atoms with Crippen molar-refractivity contribution in [3.63, 3.8) is 0 Å². The normalized spacial score (nSPS) is 11.1. The second-order valence-corrected chi connectivity index (χ2v) is 9.73. The van der Waals surface area contributed by atoms with Gasteiger partial charge in [0.1, 0.15) is 5.56 Å². The summed E-state index contributed by atoms with van der Waals surface area (Å²) >= 11 is 1.36.